The molecule has 0 bridgehead atoms. The van der Waals surface area contributed by atoms with Crippen LogP contribution in [-0.4, -0.2) is 23.7 Å². The van der Waals surface area contributed by atoms with E-state index in [2.05, 4.69) is 5.32 Å². The van der Waals surface area contributed by atoms with E-state index in [0.717, 1.165) is 0 Å². The smallest absolute Gasteiger partial charge is 0.257 e. The fourth-order valence-corrected chi connectivity index (χ4v) is 2.95. The highest BCUT2D eigenvalue weighted by molar-refractivity contribution is 6.04. The van der Waals surface area contributed by atoms with E-state index in [-0.39, 0.29) is 23.8 Å². The molecule has 142 valence electrons. The lowest BCUT2D eigenvalue weighted by atomic mass is 10.2. The summed E-state index contributed by atoms with van der Waals surface area (Å²) in [6, 6.07) is 13.9. The number of nitrogens with one attached hydrogen (secondary N) is 1. The first-order chi connectivity index (χ1) is 13.6. The maximum absolute atomic E-state index is 13.4. The van der Waals surface area contributed by atoms with Crippen molar-refractivity contribution in [1.29, 1.82) is 0 Å². The molecular weight excluding hydrogens is 363 g/mol. The standard InChI is InChI=1S/C21H17FN2O4/c22-16-3-1-2-14(10-16)12-24-13-15(4-7-20(24)25)21(26)23-17-5-6-18-19(11-17)28-9-8-27-18/h1-7,10-11,13H,8-9,12H2,(H,23,26). The van der Waals surface area contributed by atoms with Crippen LogP contribution in [0.15, 0.2) is 65.6 Å². The Bertz CT molecular complexity index is 1090. The number of aromatic nitrogens is 1. The number of nitrogens with zero attached hydrogens (tertiary/aromatic N) is 1. The van der Waals surface area contributed by atoms with Gasteiger partial charge in [0.15, 0.2) is 11.5 Å². The molecule has 1 N–H and O–H groups in total. The van der Waals surface area contributed by atoms with Crippen LogP contribution < -0.4 is 20.3 Å². The van der Waals surface area contributed by atoms with Crippen LogP contribution in [0, 0.1) is 5.82 Å². The van der Waals surface area contributed by atoms with Gasteiger partial charge in [0.25, 0.3) is 11.5 Å². The van der Waals surface area contributed by atoms with Gasteiger partial charge < -0.3 is 19.4 Å². The molecule has 0 saturated carbocycles. The van der Waals surface area contributed by atoms with Crippen molar-refractivity contribution in [3.05, 3.63) is 88.1 Å². The van der Waals surface area contributed by atoms with Crippen LogP contribution in [0.5, 0.6) is 11.5 Å². The zero-order valence-corrected chi connectivity index (χ0v) is 14.9. The van der Waals surface area contributed by atoms with Crippen LogP contribution in [0.3, 0.4) is 0 Å². The molecule has 4 rings (SSSR count). The molecule has 28 heavy (non-hydrogen) atoms. The van der Waals surface area contributed by atoms with E-state index in [1.165, 1.54) is 35.0 Å². The topological polar surface area (TPSA) is 69.6 Å². The summed E-state index contributed by atoms with van der Waals surface area (Å²) < 4.78 is 25.7. The van der Waals surface area contributed by atoms with Crippen molar-refractivity contribution in [2.24, 2.45) is 0 Å². The summed E-state index contributed by atoms with van der Waals surface area (Å²) in [5.74, 6) is 0.454. The molecule has 1 aliphatic rings. The van der Waals surface area contributed by atoms with Crippen LogP contribution in [0.25, 0.3) is 0 Å². The van der Waals surface area contributed by atoms with Crippen molar-refractivity contribution in [2.75, 3.05) is 18.5 Å². The first-order valence-electron chi connectivity index (χ1n) is 8.74. The Labute approximate surface area is 160 Å². The summed E-state index contributed by atoms with van der Waals surface area (Å²) in [4.78, 5) is 24.7. The van der Waals surface area contributed by atoms with Gasteiger partial charge in [-0.1, -0.05) is 12.1 Å². The summed E-state index contributed by atoms with van der Waals surface area (Å²) >= 11 is 0. The van der Waals surface area contributed by atoms with Crippen molar-refractivity contribution < 1.29 is 18.7 Å². The minimum atomic E-state index is -0.377. The summed E-state index contributed by atoms with van der Waals surface area (Å²) in [5, 5.41) is 2.78. The van der Waals surface area contributed by atoms with E-state index in [0.29, 0.717) is 41.5 Å². The average molecular weight is 380 g/mol. The molecule has 0 atom stereocenters. The quantitative estimate of drug-likeness (QED) is 0.755. The highest BCUT2D eigenvalue weighted by atomic mass is 19.1. The Morgan fingerprint density at radius 3 is 2.68 bits per heavy atom. The van der Waals surface area contributed by atoms with Gasteiger partial charge in [-0.3, -0.25) is 9.59 Å². The summed E-state index contributed by atoms with van der Waals surface area (Å²) in [6.45, 7) is 1.11. The van der Waals surface area contributed by atoms with Gasteiger partial charge in [0, 0.05) is 24.0 Å². The summed E-state index contributed by atoms with van der Waals surface area (Å²) in [6.07, 6.45) is 1.46. The van der Waals surface area contributed by atoms with Crippen molar-refractivity contribution >= 4 is 11.6 Å². The number of rotatable bonds is 4. The summed E-state index contributed by atoms with van der Waals surface area (Å²) in [7, 11) is 0. The van der Waals surface area contributed by atoms with Crippen molar-refractivity contribution in [3.63, 3.8) is 0 Å². The molecule has 3 aromatic rings. The highest BCUT2D eigenvalue weighted by Gasteiger charge is 2.14. The number of anilines is 1. The molecule has 0 aliphatic carbocycles. The number of fused-ring (bicyclic) bond motifs is 1. The zero-order valence-electron chi connectivity index (χ0n) is 14.9. The van der Waals surface area contributed by atoms with E-state index in [1.54, 1.807) is 30.3 Å². The average Bonchev–Trinajstić information content (AvgIpc) is 2.69. The minimum absolute atomic E-state index is 0.168. The van der Waals surface area contributed by atoms with E-state index < -0.39 is 0 Å². The number of carbonyl (C=O) groups excluding carboxylic acids is 1. The fourth-order valence-electron chi connectivity index (χ4n) is 2.95. The molecule has 6 nitrogen and oxygen atoms in total. The predicted octanol–water partition coefficient (Wildman–Crippen LogP) is 3.06. The monoisotopic (exact) mass is 380 g/mol. The Kier molecular flexibility index (Phi) is 4.80. The van der Waals surface area contributed by atoms with Gasteiger partial charge in [0.1, 0.15) is 19.0 Å². The zero-order chi connectivity index (χ0) is 19.5. The van der Waals surface area contributed by atoms with Gasteiger partial charge >= 0.3 is 0 Å². The maximum Gasteiger partial charge on any atom is 0.257 e. The Balaban J connectivity index is 1.54. The number of carbonyl (C=O) groups is 1. The number of hydrogen-bond acceptors (Lipinski definition) is 4. The number of halogens is 1. The molecule has 0 radical (unpaired) electrons. The molecule has 2 aromatic carbocycles. The second kappa shape index (κ2) is 7.56. The van der Waals surface area contributed by atoms with Gasteiger partial charge in [0.05, 0.1) is 12.1 Å². The van der Waals surface area contributed by atoms with Gasteiger partial charge in [-0.15, -0.1) is 0 Å². The van der Waals surface area contributed by atoms with Crippen LogP contribution in [0.1, 0.15) is 15.9 Å². The van der Waals surface area contributed by atoms with Crippen molar-refractivity contribution in [1.82, 2.24) is 4.57 Å². The first-order valence-corrected chi connectivity index (χ1v) is 8.74. The fraction of sp³-hybridized carbons (Fsp3) is 0.143. The lowest BCUT2D eigenvalue weighted by Gasteiger charge is -2.19. The largest absolute Gasteiger partial charge is 0.486 e. The second-order valence-electron chi connectivity index (χ2n) is 6.33. The Morgan fingerprint density at radius 1 is 1.04 bits per heavy atom. The third-order valence-corrected chi connectivity index (χ3v) is 4.29. The number of hydrogen-bond donors (Lipinski definition) is 1. The molecular formula is C21H17FN2O4. The van der Waals surface area contributed by atoms with Crippen LogP contribution in [-0.2, 0) is 6.54 Å². The first kappa shape index (κ1) is 17.8. The lowest BCUT2D eigenvalue weighted by Crippen LogP contribution is -2.22. The van der Waals surface area contributed by atoms with E-state index >= 15 is 0 Å². The van der Waals surface area contributed by atoms with Crippen LogP contribution in [0.4, 0.5) is 10.1 Å². The Hall–Kier alpha value is -3.61. The maximum atomic E-state index is 13.4. The van der Waals surface area contributed by atoms with Crippen LogP contribution in [0.2, 0.25) is 0 Å². The summed E-state index contributed by atoms with van der Waals surface area (Å²) in [5.41, 5.74) is 1.22. The predicted molar refractivity (Wildman–Crippen MR) is 102 cm³/mol. The SMILES string of the molecule is O=C(Nc1ccc2c(c1)OCCO2)c1ccc(=O)n(Cc2cccc(F)c2)c1. The lowest BCUT2D eigenvalue weighted by molar-refractivity contribution is 0.102. The molecule has 0 spiro atoms. The van der Waals surface area contributed by atoms with Crippen LogP contribution >= 0.6 is 0 Å². The second-order valence-corrected chi connectivity index (χ2v) is 6.33. The molecule has 1 aromatic heterocycles. The molecule has 0 saturated heterocycles. The molecule has 0 unspecified atom stereocenters. The normalized spacial score (nSPS) is 12.5. The Morgan fingerprint density at radius 2 is 1.86 bits per heavy atom. The van der Waals surface area contributed by atoms with Crippen molar-refractivity contribution in [3.8, 4) is 11.5 Å². The van der Waals surface area contributed by atoms with Gasteiger partial charge in [-0.05, 0) is 35.9 Å². The third-order valence-electron chi connectivity index (χ3n) is 4.29. The van der Waals surface area contributed by atoms with E-state index in [1.807, 2.05) is 0 Å². The molecule has 2 heterocycles. The minimum Gasteiger partial charge on any atom is -0.486 e. The van der Waals surface area contributed by atoms with Gasteiger partial charge in [-0.25, -0.2) is 4.39 Å². The number of benzene rings is 2. The number of pyridine rings is 1. The van der Waals surface area contributed by atoms with E-state index in [4.69, 9.17) is 9.47 Å². The molecule has 0 fully saturated rings. The number of amides is 1. The highest BCUT2D eigenvalue weighted by Crippen LogP contribution is 2.32. The molecule has 1 aliphatic heterocycles. The van der Waals surface area contributed by atoms with Gasteiger partial charge in [0.2, 0.25) is 0 Å². The molecule has 1 amide bonds. The van der Waals surface area contributed by atoms with Crippen molar-refractivity contribution in [2.45, 2.75) is 6.54 Å². The van der Waals surface area contributed by atoms with E-state index in [9.17, 15) is 14.0 Å². The third kappa shape index (κ3) is 3.88. The van der Waals surface area contributed by atoms with Gasteiger partial charge in [-0.2, -0.15) is 0 Å². The number of ether oxygens (including phenoxy) is 2. The molecule has 7 heteroatoms.